The van der Waals surface area contributed by atoms with Crippen molar-refractivity contribution in [2.75, 3.05) is 12.9 Å². The Labute approximate surface area is 137 Å². The predicted octanol–water partition coefficient (Wildman–Crippen LogP) is 5.02. The summed E-state index contributed by atoms with van der Waals surface area (Å²) in [6.07, 6.45) is 6.38. The van der Waals surface area contributed by atoms with Crippen LogP contribution in [-0.2, 0) is 14.3 Å². The lowest BCUT2D eigenvalue weighted by molar-refractivity contribution is 0.285. The molecule has 3 nitrogen and oxygen atoms in total. The molecule has 1 rings (SSSR count). The fourth-order valence-corrected chi connectivity index (χ4v) is 3.16. The highest BCUT2D eigenvalue weighted by Gasteiger charge is 2.17. The van der Waals surface area contributed by atoms with Gasteiger partial charge in [-0.15, -0.1) is 0 Å². The Balaban J connectivity index is 2.79. The minimum absolute atomic E-state index is 0.0404. The van der Waals surface area contributed by atoms with E-state index in [0.717, 1.165) is 37.5 Å². The van der Waals surface area contributed by atoms with Gasteiger partial charge < -0.3 is 0 Å². The van der Waals surface area contributed by atoms with Gasteiger partial charge in [0.25, 0.3) is 10.1 Å². The van der Waals surface area contributed by atoms with Crippen LogP contribution in [0.3, 0.4) is 0 Å². The standard InChI is InChI=1S/C15H22Cl2O3S/c1-3-4-5-6-7-12(11-20-21(2,18)19)14-9-8-13(16)10-15(14)17/h8-10,12H,3-7,11H2,1-2H3. The zero-order valence-electron chi connectivity index (χ0n) is 12.4. The number of halogens is 2. The largest absolute Gasteiger partial charge is 0.270 e. The lowest BCUT2D eigenvalue weighted by Crippen LogP contribution is -2.13. The van der Waals surface area contributed by atoms with E-state index >= 15 is 0 Å². The van der Waals surface area contributed by atoms with Crippen molar-refractivity contribution in [1.29, 1.82) is 0 Å². The van der Waals surface area contributed by atoms with Crippen molar-refractivity contribution in [1.82, 2.24) is 0 Å². The number of benzene rings is 1. The molecule has 120 valence electrons. The highest BCUT2D eigenvalue weighted by molar-refractivity contribution is 7.85. The van der Waals surface area contributed by atoms with Gasteiger partial charge in [0.2, 0.25) is 0 Å². The van der Waals surface area contributed by atoms with E-state index in [2.05, 4.69) is 6.92 Å². The van der Waals surface area contributed by atoms with Crippen LogP contribution in [0.4, 0.5) is 0 Å². The molecule has 0 aliphatic carbocycles. The molecule has 0 heterocycles. The summed E-state index contributed by atoms with van der Waals surface area (Å²) in [7, 11) is -3.45. The van der Waals surface area contributed by atoms with Crippen LogP contribution in [0.1, 0.15) is 50.5 Å². The molecule has 0 aliphatic heterocycles. The van der Waals surface area contributed by atoms with E-state index in [1.54, 1.807) is 12.1 Å². The monoisotopic (exact) mass is 352 g/mol. The molecule has 1 atom stereocenters. The highest BCUT2D eigenvalue weighted by atomic mass is 35.5. The molecule has 0 fully saturated rings. The van der Waals surface area contributed by atoms with E-state index in [1.165, 1.54) is 6.42 Å². The van der Waals surface area contributed by atoms with Crippen molar-refractivity contribution >= 4 is 33.3 Å². The second-order valence-electron chi connectivity index (χ2n) is 5.20. The summed E-state index contributed by atoms with van der Waals surface area (Å²) in [6, 6.07) is 5.29. The first-order valence-electron chi connectivity index (χ1n) is 7.13. The van der Waals surface area contributed by atoms with Gasteiger partial charge in [0, 0.05) is 16.0 Å². The lowest BCUT2D eigenvalue weighted by Gasteiger charge is -2.18. The molecule has 21 heavy (non-hydrogen) atoms. The number of hydrogen-bond acceptors (Lipinski definition) is 3. The van der Waals surface area contributed by atoms with E-state index in [-0.39, 0.29) is 12.5 Å². The van der Waals surface area contributed by atoms with Gasteiger partial charge in [-0.2, -0.15) is 8.42 Å². The first-order valence-corrected chi connectivity index (χ1v) is 9.70. The fraction of sp³-hybridized carbons (Fsp3) is 0.600. The highest BCUT2D eigenvalue weighted by Crippen LogP contribution is 2.31. The van der Waals surface area contributed by atoms with Gasteiger partial charge in [0.1, 0.15) is 0 Å². The third-order valence-corrected chi connectivity index (χ3v) is 4.42. The third-order valence-electron chi connectivity index (χ3n) is 3.29. The summed E-state index contributed by atoms with van der Waals surface area (Å²) in [5.41, 5.74) is 0.890. The van der Waals surface area contributed by atoms with E-state index in [0.29, 0.717) is 10.0 Å². The maximum absolute atomic E-state index is 11.2. The number of rotatable bonds is 9. The molecule has 0 aromatic heterocycles. The Morgan fingerprint density at radius 3 is 2.48 bits per heavy atom. The van der Waals surface area contributed by atoms with Crippen LogP contribution in [0.25, 0.3) is 0 Å². The molecule has 0 saturated carbocycles. The minimum atomic E-state index is -3.45. The van der Waals surface area contributed by atoms with Crippen molar-refractivity contribution in [2.45, 2.75) is 44.9 Å². The van der Waals surface area contributed by atoms with Gasteiger partial charge in [-0.05, 0) is 24.1 Å². The van der Waals surface area contributed by atoms with Crippen molar-refractivity contribution in [3.63, 3.8) is 0 Å². The van der Waals surface area contributed by atoms with Crippen molar-refractivity contribution in [3.05, 3.63) is 33.8 Å². The molecule has 0 saturated heterocycles. The zero-order chi connectivity index (χ0) is 15.9. The summed E-state index contributed by atoms with van der Waals surface area (Å²) < 4.78 is 27.4. The van der Waals surface area contributed by atoms with Gasteiger partial charge in [0.05, 0.1) is 12.9 Å². The minimum Gasteiger partial charge on any atom is -0.270 e. The zero-order valence-corrected chi connectivity index (χ0v) is 14.8. The van der Waals surface area contributed by atoms with Crippen LogP contribution in [0, 0.1) is 0 Å². The van der Waals surface area contributed by atoms with Crippen molar-refractivity contribution < 1.29 is 12.6 Å². The van der Waals surface area contributed by atoms with Crippen molar-refractivity contribution in [2.24, 2.45) is 0 Å². The maximum Gasteiger partial charge on any atom is 0.264 e. The Morgan fingerprint density at radius 2 is 1.90 bits per heavy atom. The fourth-order valence-electron chi connectivity index (χ4n) is 2.18. The average molecular weight is 353 g/mol. The van der Waals surface area contributed by atoms with Crippen molar-refractivity contribution in [3.8, 4) is 0 Å². The van der Waals surface area contributed by atoms with Gasteiger partial charge in [-0.3, -0.25) is 4.18 Å². The van der Waals surface area contributed by atoms with E-state index in [1.807, 2.05) is 6.07 Å². The second-order valence-corrected chi connectivity index (χ2v) is 7.69. The van der Waals surface area contributed by atoms with Gasteiger partial charge >= 0.3 is 0 Å². The van der Waals surface area contributed by atoms with Crippen LogP contribution in [0.15, 0.2) is 18.2 Å². The van der Waals surface area contributed by atoms with Gasteiger partial charge in [-0.25, -0.2) is 0 Å². The Kier molecular flexibility index (Phi) is 8.03. The molecule has 0 bridgehead atoms. The predicted molar refractivity (Wildman–Crippen MR) is 88.8 cm³/mol. The molecule has 0 aliphatic rings. The average Bonchev–Trinajstić information content (AvgIpc) is 2.38. The van der Waals surface area contributed by atoms with Crippen LogP contribution in [-0.4, -0.2) is 21.3 Å². The first kappa shape index (κ1) is 18.8. The molecule has 0 spiro atoms. The summed E-state index contributed by atoms with van der Waals surface area (Å²) in [5.74, 6) is -0.0404. The normalized spacial score (nSPS) is 13.3. The van der Waals surface area contributed by atoms with Crippen LogP contribution >= 0.6 is 23.2 Å². The van der Waals surface area contributed by atoms with Crippen LogP contribution < -0.4 is 0 Å². The Morgan fingerprint density at radius 1 is 1.19 bits per heavy atom. The SMILES string of the molecule is CCCCCCC(COS(C)(=O)=O)c1ccc(Cl)cc1Cl. The molecule has 0 amide bonds. The molecular weight excluding hydrogens is 331 g/mol. The topological polar surface area (TPSA) is 43.4 Å². The van der Waals surface area contributed by atoms with Crippen LogP contribution in [0.5, 0.6) is 0 Å². The second kappa shape index (κ2) is 8.99. The Hall–Kier alpha value is -0.290. The van der Waals surface area contributed by atoms with Gasteiger partial charge in [0.15, 0.2) is 0 Å². The summed E-state index contributed by atoms with van der Waals surface area (Å²) in [5, 5.41) is 1.12. The third kappa shape index (κ3) is 7.50. The lowest BCUT2D eigenvalue weighted by atomic mass is 9.93. The molecule has 6 heteroatoms. The number of unbranched alkanes of at least 4 members (excludes halogenated alkanes) is 3. The molecule has 0 N–H and O–H groups in total. The molecular formula is C15H22Cl2O3S. The summed E-state index contributed by atoms with van der Waals surface area (Å²) >= 11 is 12.1. The molecule has 1 unspecified atom stereocenters. The summed E-state index contributed by atoms with van der Waals surface area (Å²) in [6.45, 7) is 2.27. The molecule has 1 aromatic carbocycles. The maximum atomic E-state index is 11.2. The quantitative estimate of drug-likeness (QED) is 0.462. The summed E-state index contributed by atoms with van der Waals surface area (Å²) in [4.78, 5) is 0. The van der Waals surface area contributed by atoms with E-state index < -0.39 is 10.1 Å². The molecule has 0 radical (unpaired) electrons. The van der Waals surface area contributed by atoms with Crippen LogP contribution in [0.2, 0.25) is 10.0 Å². The smallest absolute Gasteiger partial charge is 0.264 e. The number of hydrogen-bond donors (Lipinski definition) is 0. The van der Waals surface area contributed by atoms with E-state index in [4.69, 9.17) is 27.4 Å². The first-order chi connectivity index (χ1) is 9.83. The Bertz CT molecular complexity index is 544. The van der Waals surface area contributed by atoms with Gasteiger partial charge in [-0.1, -0.05) is 61.9 Å². The molecule has 1 aromatic rings. The van der Waals surface area contributed by atoms with E-state index in [9.17, 15) is 8.42 Å².